The molecule has 1 fully saturated rings. The van der Waals surface area contributed by atoms with E-state index in [1.54, 1.807) is 6.92 Å². The molecule has 98 valence electrons. The molecule has 0 bridgehead atoms. The van der Waals surface area contributed by atoms with Crippen molar-refractivity contribution < 1.29 is 9.59 Å². The molecule has 1 aromatic heterocycles. The number of amides is 2. The van der Waals surface area contributed by atoms with E-state index in [2.05, 4.69) is 20.8 Å². The lowest BCUT2D eigenvalue weighted by Crippen LogP contribution is -2.26. The molecule has 0 spiro atoms. The Kier molecular flexibility index (Phi) is 4.54. The minimum Gasteiger partial charge on any atom is -0.353 e. The van der Waals surface area contributed by atoms with Crippen LogP contribution < -0.4 is 10.6 Å². The van der Waals surface area contributed by atoms with E-state index in [0.717, 1.165) is 12.8 Å². The highest BCUT2D eigenvalue weighted by Gasteiger charge is 2.23. The van der Waals surface area contributed by atoms with Crippen molar-refractivity contribution in [1.29, 1.82) is 0 Å². The molecular formula is C10H14N4O2S2. The normalized spacial score (nSPS) is 14.3. The Labute approximate surface area is 113 Å². The molecule has 0 unspecified atom stereocenters. The average Bonchev–Trinajstić information content (AvgIpc) is 3.05. The Morgan fingerprint density at radius 3 is 2.83 bits per heavy atom. The fourth-order valence-corrected chi connectivity index (χ4v) is 2.73. The number of hydrogen-bond acceptors (Lipinski definition) is 6. The van der Waals surface area contributed by atoms with Gasteiger partial charge in [0.25, 0.3) is 0 Å². The van der Waals surface area contributed by atoms with Crippen LogP contribution in [0.3, 0.4) is 0 Å². The van der Waals surface area contributed by atoms with Gasteiger partial charge in [-0.15, -0.1) is 10.2 Å². The Balaban J connectivity index is 1.75. The van der Waals surface area contributed by atoms with E-state index < -0.39 is 0 Å². The number of carbonyl (C=O) groups is 2. The molecule has 2 rings (SSSR count). The zero-order chi connectivity index (χ0) is 13.0. The number of nitrogens with one attached hydrogen (secondary N) is 2. The van der Waals surface area contributed by atoms with Crippen molar-refractivity contribution in [2.24, 2.45) is 0 Å². The highest BCUT2D eigenvalue weighted by Crippen LogP contribution is 2.26. The first-order valence-electron chi connectivity index (χ1n) is 5.73. The maximum atomic E-state index is 11.5. The number of anilines is 1. The lowest BCUT2D eigenvalue weighted by Gasteiger charge is -2.00. The standard InChI is InChI=1S/C10H14N4O2S2/c1-2-7(15)12-9-13-14-10(18-9)17-5-8(16)11-6-3-4-6/h6H,2-5H2,1H3,(H,11,16)(H,12,13,15). The van der Waals surface area contributed by atoms with Gasteiger partial charge in [-0.1, -0.05) is 30.0 Å². The van der Waals surface area contributed by atoms with Crippen LogP contribution in [0.1, 0.15) is 26.2 Å². The first kappa shape index (κ1) is 13.3. The Morgan fingerprint density at radius 2 is 2.17 bits per heavy atom. The molecule has 0 atom stereocenters. The van der Waals surface area contributed by atoms with Gasteiger partial charge < -0.3 is 10.6 Å². The molecule has 6 nitrogen and oxygen atoms in total. The van der Waals surface area contributed by atoms with Crippen LogP contribution in [0.4, 0.5) is 5.13 Å². The second-order valence-corrected chi connectivity index (χ2v) is 6.11. The van der Waals surface area contributed by atoms with Crippen molar-refractivity contribution in [2.45, 2.75) is 36.6 Å². The van der Waals surface area contributed by atoms with Crippen molar-refractivity contribution >= 4 is 40.0 Å². The van der Waals surface area contributed by atoms with Crippen molar-refractivity contribution in [3.05, 3.63) is 0 Å². The van der Waals surface area contributed by atoms with E-state index >= 15 is 0 Å². The second-order valence-electron chi connectivity index (χ2n) is 3.91. The Hall–Kier alpha value is -1.15. The van der Waals surface area contributed by atoms with Crippen molar-refractivity contribution in [3.8, 4) is 0 Å². The van der Waals surface area contributed by atoms with Crippen molar-refractivity contribution in [2.75, 3.05) is 11.1 Å². The minimum atomic E-state index is -0.0887. The third-order valence-electron chi connectivity index (χ3n) is 2.24. The second kappa shape index (κ2) is 6.14. The van der Waals surface area contributed by atoms with E-state index in [9.17, 15) is 9.59 Å². The lowest BCUT2D eigenvalue weighted by molar-refractivity contribution is -0.118. The molecule has 0 saturated heterocycles. The summed E-state index contributed by atoms with van der Waals surface area (Å²) in [5.74, 6) is 0.276. The summed E-state index contributed by atoms with van der Waals surface area (Å²) in [6.45, 7) is 1.77. The van der Waals surface area contributed by atoms with Crippen LogP contribution >= 0.6 is 23.1 Å². The van der Waals surface area contributed by atoms with E-state index in [1.807, 2.05) is 0 Å². The SMILES string of the molecule is CCC(=O)Nc1nnc(SCC(=O)NC2CC2)s1. The summed E-state index contributed by atoms with van der Waals surface area (Å²) in [6.07, 6.45) is 2.58. The van der Waals surface area contributed by atoms with Gasteiger partial charge in [-0.2, -0.15) is 0 Å². The maximum absolute atomic E-state index is 11.5. The zero-order valence-electron chi connectivity index (χ0n) is 9.93. The molecule has 1 saturated carbocycles. The molecule has 0 radical (unpaired) electrons. The van der Waals surface area contributed by atoms with Gasteiger partial charge in [0.1, 0.15) is 0 Å². The van der Waals surface area contributed by atoms with Gasteiger partial charge in [0, 0.05) is 12.5 Å². The summed E-state index contributed by atoms with van der Waals surface area (Å²) >= 11 is 2.62. The highest BCUT2D eigenvalue weighted by atomic mass is 32.2. The van der Waals surface area contributed by atoms with Gasteiger partial charge >= 0.3 is 0 Å². The third kappa shape index (κ3) is 4.26. The number of aromatic nitrogens is 2. The number of thioether (sulfide) groups is 1. The number of nitrogens with zero attached hydrogens (tertiary/aromatic N) is 2. The summed E-state index contributed by atoms with van der Waals surface area (Å²) in [7, 11) is 0. The molecule has 1 aliphatic carbocycles. The van der Waals surface area contributed by atoms with Gasteiger partial charge in [-0.25, -0.2) is 0 Å². The van der Waals surface area contributed by atoms with E-state index in [-0.39, 0.29) is 11.8 Å². The first-order chi connectivity index (χ1) is 8.67. The zero-order valence-corrected chi connectivity index (χ0v) is 11.6. The van der Waals surface area contributed by atoms with Crippen molar-refractivity contribution in [3.63, 3.8) is 0 Å². The van der Waals surface area contributed by atoms with Crippen LogP contribution in [0.15, 0.2) is 4.34 Å². The van der Waals surface area contributed by atoms with Gasteiger partial charge in [-0.05, 0) is 12.8 Å². The monoisotopic (exact) mass is 286 g/mol. The summed E-state index contributed by atoms with van der Waals surface area (Å²) in [4.78, 5) is 22.6. The summed E-state index contributed by atoms with van der Waals surface area (Å²) < 4.78 is 0.687. The number of carbonyl (C=O) groups excluding carboxylic acids is 2. The summed E-state index contributed by atoms with van der Waals surface area (Å²) in [5, 5.41) is 13.8. The summed E-state index contributed by atoms with van der Waals surface area (Å²) in [6, 6.07) is 0.381. The van der Waals surface area contributed by atoms with E-state index in [4.69, 9.17) is 0 Å². The molecule has 1 aliphatic rings. The molecule has 0 aliphatic heterocycles. The maximum Gasteiger partial charge on any atom is 0.230 e. The fraction of sp³-hybridized carbons (Fsp3) is 0.600. The molecule has 2 amide bonds. The van der Waals surface area contributed by atoms with Crippen LogP contribution in [-0.2, 0) is 9.59 Å². The lowest BCUT2D eigenvalue weighted by atomic mass is 10.5. The van der Waals surface area contributed by atoms with Crippen LogP contribution in [-0.4, -0.2) is 33.8 Å². The molecule has 2 N–H and O–H groups in total. The minimum absolute atomic E-state index is 0.0249. The van der Waals surface area contributed by atoms with Gasteiger partial charge in [-0.3, -0.25) is 9.59 Å². The highest BCUT2D eigenvalue weighted by molar-refractivity contribution is 8.01. The van der Waals surface area contributed by atoms with Gasteiger partial charge in [0.15, 0.2) is 4.34 Å². The van der Waals surface area contributed by atoms with Crippen LogP contribution in [0.5, 0.6) is 0 Å². The number of rotatable bonds is 6. The largest absolute Gasteiger partial charge is 0.353 e. The molecular weight excluding hydrogens is 272 g/mol. The fourth-order valence-electron chi connectivity index (χ4n) is 1.15. The predicted molar refractivity (Wildman–Crippen MR) is 70.7 cm³/mol. The smallest absolute Gasteiger partial charge is 0.230 e. The average molecular weight is 286 g/mol. The Morgan fingerprint density at radius 1 is 1.39 bits per heavy atom. The number of hydrogen-bond donors (Lipinski definition) is 2. The van der Waals surface area contributed by atoms with Gasteiger partial charge in [0.2, 0.25) is 16.9 Å². The van der Waals surface area contributed by atoms with Crippen LogP contribution in [0.25, 0.3) is 0 Å². The van der Waals surface area contributed by atoms with Gasteiger partial charge in [0.05, 0.1) is 5.75 Å². The molecule has 1 aromatic rings. The third-order valence-corrected chi connectivity index (χ3v) is 4.22. The first-order valence-corrected chi connectivity index (χ1v) is 7.53. The van der Waals surface area contributed by atoms with E-state index in [0.29, 0.717) is 27.7 Å². The molecule has 1 heterocycles. The quantitative estimate of drug-likeness (QED) is 0.607. The Bertz CT molecular complexity index is 445. The summed E-state index contributed by atoms with van der Waals surface area (Å²) in [5.41, 5.74) is 0. The topological polar surface area (TPSA) is 84.0 Å². The van der Waals surface area contributed by atoms with Crippen LogP contribution in [0, 0.1) is 0 Å². The van der Waals surface area contributed by atoms with Crippen molar-refractivity contribution in [1.82, 2.24) is 15.5 Å². The molecule has 0 aromatic carbocycles. The van der Waals surface area contributed by atoms with Crippen LogP contribution in [0.2, 0.25) is 0 Å². The predicted octanol–water partition coefficient (Wildman–Crippen LogP) is 1.26. The molecule has 8 heteroatoms. The van der Waals surface area contributed by atoms with E-state index in [1.165, 1.54) is 23.1 Å². The molecule has 18 heavy (non-hydrogen) atoms.